The van der Waals surface area contributed by atoms with E-state index >= 15 is 0 Å². The molecule has 11 heteroatoms. The molecule has 1 unspecified atom stereocenters. The van der Waals surface area contributed by atoms with Crippen LogP contribution < -0.4 is 10.6 Å². The van der Waals surface area contributed by atoms with Crippen molar-refractivity contribution in [3.05, 3.63) is 65.5 Å². The highest BCUT2D eigenvalue weighted by molar-refractivity contribution is 7.90. The molecule has 1 aliphatic heterocycles. The topological polar surface area (TPSA) is 116 Å². The molecule has 0 spiro atoms. The van der Waals surface area contributed by atoms with Crippen LogP contribution in [-0.2, 0) is 19.4 Å². The van der Waals surface area contributed by atoms with Gasteiger partial charge in [-0.3, -0.25) is 14.4 Å². The molecule has 1 saturated heterocycles. The van der Waals surface area contributed by atoms with Gasteiger partial charge in [-0.2, -0.15) is 0 Å². The number of benzene rings is 2. The molecule has 0 radical (unpaired) electrons. The first kappa shape index (κ1) is 27.7. The predicted molar refractivity (Wildman–Crippen MR) is 140 cm³/mol. The summed E-state index contributed by atoms with van der Waals surface area (Å²) in [5.74, 6) is -0.893. The maximum Gasteiger partial charge on any atom is 0.251 e. The van der Waals surface area contributed by atoms with Crippen molar-refractivity contribution in [1.29, 1.82) is 0 Å². The van der Waals surface area contributed by atoms with E-state index in [9.17, 15) is 27.2 Å². The molecule has 2 aliphatic rings. The summed E-state index contributed by atoms with van der Waals surface area (Å²) >= 11 is 0. The molecule has 1 aliphatic carbocycles. The Hall–Kier alpha value is -3.31. The van der Waals surface area contributed by atoms with E-state index in [1.807, 2.05) is 0 Å². The second kappa shape index (κ2) is 11.6. The molecule has 2 aromatic carbocycles. The van der Waals surface area contributed by atoms with Crippen molar-refractivity contribution in [2.45, 2.75) is 42.2 Å². The molecule has 9 nitrogen and oxygen atoms in total. The van der Waals surface area contributed by atoms with Gasteiger partial charge in [0.2, 0.25) is 11.8 Å². The molecule has 2 aromatic rings. The molecule has 2 N–H and O–H groups in total. The molecule has 3 atom stereocenters. The van der Waals surface area contributed by atoms with Crippen LogP contribution in [0, 0.1) is 5.82 Å². The van der Waals surface area contributed by atoms with Crippen LogP contribution in [0.1, 0.15) is 41.1 Å². The average molecular weight is 545 g/mol. The van der Waals surface area contributed by atoms with Crippen LogP contribution in [0.4, 0.5) is 4.39 Å². The van der Waals surface area contributed by atoms with Crippen LogP contribution >= 0.6 is 0 Å². The predicted octanol–water partition coefficient (Wildman–Crippen LogP) is 1.55. The van der Waals surface area contributed by atoms with Crippen LogP contribution in [0.15, 0.2) is 53.4 Å². The van der Waals surface area contributed by atoms with Gasteiger partial charge in [-0.15, -0.1) is 0 Å². The molecule has 2 fully saturated rings. The van der Waals surface area contributed by atoms with Crippen molar-refractivity contribution in [3.8, 4) is 0 Å². The number of halogens is 1. The Bertz CT molecular complexity index is 1280. The number of nitrogens with one attached hydrogen (secondary N) is 2. The summed E-state index contributed by atoms with van der Waals surface area (Å²) < 4.78 is 36.6. The van der Waals surface area contributed by atoms with Gasteiger partial charge in [0.1, 0.15) is 11.9 Å². The normalized spacial score (nSPS) is 20.2. The van der Waals surface area contributed by atoms with Crippen molar-refractivity contribution >= 4 is 27.6 Å². The molecular weight excluding hydrogens is 511 g/mol. The van der Waals surface area contributed by atoms with Gasteiger partial charge in [-0.25, -0.2) is 12.8 Å². The van der Waals surface area contributed by atoms with Crippen LogP contribution in [0.3, 0.4) is 0 Å². The Morgan fingerprint density at radius 1 is 1.08 bits per heavy atom. The van der Waals surface area contributed by atoms with Gasteiger partial charge in [0.05, 0.1) is 11.4 Å². The van der Waals surface area contributed by atoms with Crippen LogP contribution in [0.25, 0.3) is 0 Å². The standard InChI is InChI=1S/C27H33FN4O5S/c1-31-14-15-32(17-25(31)33)27(35)23(30-26(34)19-7-11-21(12-8-19)38(2,36)37)4-3-13-29-24-16-22(24)18-5-9-20(28)10-6-18/h5-12,22-24,29H,3-4,13-17H2,1-2H3,(H,30,34)/t22-,23?,24+/m0/s1. The quantitative estimate of drug-likeness (QED) is 0.439. The second-order valence-corrected chi connectivity index (χ2v) is 12.0. The number of carbonyl (C=O) groups is 3. The number of hydrogen-bond acceptors (Lipinski definition) is 6. The van der Waals surface area contributed by atoms with Crippen molar-refractivity contribution < 1.29 is 27.2 Å². The lowest BCUT2D eigenvalue weighted by Gasteiger charge is -2.34. The molecule has 0 aromatic heterocycles. The maximum absolute atomic E-state index is 13.3. The summed E-state index contributed by atoms with van der Waals surface area (Å²) in [7, 11) is -1.71. The number of likely N-dealkylation sites (N-methyl/N-ethyl adjacent to an activating group) is 1. The lowest BCUT2D eigenvalue weighted by atomic mass is 10.1. The number of sulfone groups is 1. The highest BCUT2D eigenvalue weighted by Gasteiger charge is 2.38. The lowest BCUT2D eigenvalue weighted by Crippen LogP contribution is -2.56. The minimum absolute atomic E-state index is 0.0373. The van der Waals surface area contributed by atoms with Gasteiger partial charge < -0.3 is 20.4 Å². The van der Waals surface area contributed by atoms with Crippen molar-refractivity contribution in [2.24, 2.45) is 0 Å². The third-order valence-electron chi connectivity index (χ3n) is 7.08. The van der Waals surface area contributed by atoms with Crippen molar-refractivity contribution in [3.63, 3.8) is 0 Å². The zero-order chi connectivity index (χ0) is 27.4. The highest BCUT2D eigenvalue weighted by atomic mass is 32.2. The van der Waals surface area contributed by atoms with Gasteiger partial charge in [-0.05, 0) is 67.8 Å². The fraction of sp³-hybridized carbons (Fsp3) is 0.444. The zero-order valence-electron chi connectivity index (χ0n) is 21.5. The smallest absolute Gasteiger partial charge is 0.251 e. The fourth-order valence-corrected chi connectivity index (χ4v) is 5.24. The lowest BCUT2D eigenvalue weighted by molar-refractivity contribution is -0.145. The Morgan fingerprint density at radius 3 is 2.39 bits per heavy atom. The highest BCUT2D eigenvalue weighted by Crippen LogP contribution is 2.40. The van der Waals surface area contributed by atoms with E-state index in [4.69, 9.17) is 0 Å². The van der Waals surface area contributed by atoms with Gasteiger partial charge in [0.25, 0.3) is 5.91 Å². The Kier molecular flexibility index (Phi) is 8.47. The number of amides is 3. The first-order valence-electron chi connectivity index (χ1n) is 12.7. The summed E-state index contributed by atoms with van der Waals surface area (Å²) in [6, 6.07) is 11.5. The van der Waals surface area contributed by atoms with E-state index in [1.54, 1.807) is 24.1 Å². The third kappa shape index (κ3) is 6.96. The van der Waals surface area contributed by atoms with Gasteiger partial charge in [-0.1, -0.05) is 12.1 Å². The summed E-state index contributed by atoms with van der Waals surface area (Å²) in [5, 5.41) is 6.25. The van der Waals surface area contributed by atoms with E-state index in [1.165, 1.54) is 41.3 Å². The molecule has 0 bridgehead atoms. The third-order valence-corrected chi connectivity index (χ3v) is 8.21. The SMILES string of the molecule is CN1CCN(C(=O)C(CCCN[C@@H]2C[C@H]2c2ccc(F)cc2)NC(=O)c2ccc(S(C)(=O)=O)cc2)CC1=O. The van der Waals surface area contributed by atoms with Gasteiger partial charge in [0.15, 0.2) is 9.84 Å². The van der Waals surface area contributed by atoms with Crippen LogP contribution in [0.2, 0.25) is 0 Å². The maximum atomic E-state index is 13.3. The first-order valence-corrected chi connectivity index (χ1v) is 14.5. The van der Waals surface area contributed by atoms with Crippen LogP contribution in [0.5, 0.6) is 0 Å². The minimum Gasteiger partial charge on any atom is -0.342 e. The number of nitrogens with zero attached hydrogens (tertiary/aromatic N) is 2. The second-order valence-electron chi connectivity index (χ2n) is 9.99. The van der Waals surface area contributed by atoms with Crippen molar-refractivity contribution in [2.75, 3.05) is 39.5 Å². The Morgan fingerprint density at radius 2 is 1.76 bits per heavy atom. The molecule has 204 valence electrons. The number of carbonyl (C=O) groups excluding carboxylic acids is 3. The average Bonchev–Trinajstić information content (AvgIpc) is 3.66. The molecule has 1 heterocycles. The van der Waals surface area contributed by atoms with Gasteiger partial charge in [0, 0.05) is 43.9 Å². The van der Waals surface area contributed by atoms with E-state index in [0.717, 1.165) is 18.2 Å². The van der Waals surface area contributed by atoms with Crippen molar-refractivity contribution in [1.82, 2.24) is 20.4 Å². The van der Waals surface area contributed by atoms with Gasteiger partial charge >= 0.3 is 0 Å². The van der Waals surface area contributed by atoms with E-state index in [-0.39, 0.29) is 40.7 Å². The van der Waals surface area contributed by atoms with E-state index in [2.05, 4.69) is 10.6 Å². The largest absolute Gasteiger partial charge is 0.342 e. The summed E-state index contributed by atoms with van der Waals surface area (Å²) in [6.07, 6.45) is 3.02. The molecule has 3 amide bonds. The zero-order valence-corrected chi connectivity index (χ0v) is 22.3. The summed E-state index contributed by atoms with van der Waals surface area (Å²) in [6.45, 7) is 1.40. The molecule has 1 saturated carbocycles. The molecule has 38 heavy (non-hydrogen) atoms. The number of rotatable bonds is 10. The number of piperazine rings is 1. The van der Waals surface area contributed by atoms with Crippen LogP contribution in [-0.4, -0.2) is 87.5 Å². The minimum atomic E-state index is -3.40. The molecular formula is C27H33FN4O5S. The molecule has 4 rings (SSSR count). The van der Waals surface area contributed by atoms with E-state index in [0.29, 0.717) is 38.4 Å². The first-order chi connectivity index (χ1) is 18.0. The fourth-order valence-electron chi connectivity index (χ4n) is 4.61. The summed E-state index contributed by atoms with van der Waals surface area (Å²) in [4.78, 5) is 41.6. The summed E-state index contributed by atoms with van der Waals surface area (Å²) in [5.41, 5.74) is 1.33. The number of hydrogen-bond donors (Lipinski definition) is 2. The van der Waals surface area contributed by atoms with E-state index < -0.39 is 21.8 Å². The Balaban J connectivity index is 1.36. The Labute approximate surface area is 222 Å². The monoisotopic (exact) mass is 544 g/mol.